The average Bonchev–Trinajstić information content (AvgIpc) is 3.52. The summed E-state index contributed by atoms with van der Waals surface area (Å²) in [7, 11) is 0. The van der Waals surface area contributed by atoms with Gasteiger partial charge in [0.2, 0.25) is 17.7 Å². The lowest BCUT2D eigenvalue weighted by atomic mass is 9.96. The molecular weight excluding hydrogens is 714 g/mol. The van der Waals surface area contributed by atoms with Crippen molar-refractivity contribution in [1.82, 2.24) is 31.0 Å². The number of hydrogen-bond acceptors (Lipinski definition) is 7. The molecule has 3 rings (SSSR count). The number of carbonyl (C=O) groups excluding carboxylic acids is 4. The number of aryl methyl sites for hydroxylation is 1. The van der Waals surface area contributed by atoms with Crippen molar-refractivity contribution in [3.8, 4) is 5.69 Å². The SMILES string of the molecule is CC[C@H](C)[C@H](NC(=O)[C@H](CC(C)C)NC(=O)[C@H](CCCN=C(N)N)NC(=O)c1cc(C)n(-c2cccc(Cl)c2)n1)C(=O)N[C@@H](Cc1ccccc1)C(=O)O. The molecule has 15 nitrogen and oxygen atoms in total. The van der Waals surface area contributed by atoms with Gasteiger partial charge < -0.3 is 37.8 Å². The summed E-state index contributed by atoms with van der Waals surface area (Å²) in [5, 5.41) is 25.7. The van der Waals surface area contributed by atoms with Gasteiger partial charge in [-0.25, -0.2) is 9.48 Å². The van der Waals surface area contributed by atoms with Gasteiger partial charge in [0.05, 0.1) is 5.69 Å². The first-order valence-corrected chi connectivity index (χ1v) is 18.3. The number of carboxylic acids is 1. The van der Waals surface area contributed by atoms with E-state index in [9.17, 15) is 29.1 Å². The molecule has 0 saturated heterocycles. The fourth-order valence-electron chi connectivity index (χ4n) is 5.70. The van der Waals surface area contributed by atoms with Crippen molar-refractivity contribution in [2.75, 3.05) is 6.54 Å². The minimum atomic E-state index is -1.24. The highest BCUT2D eigenvalue weighted by molar-refractivity contribution is 6.30. The van der Waals surface area contributed by atoms with Crippen LogP contribution in [0.5, 0.6) is 0 Å². The largest absolute Gasteiger partial charge is 0.480 e. The highest BCUT2D eigenvalue weighted by Gasteiger charge is 2.34. The summed E-state index contributed by atoms with van der Waals surface area (Å²) < 4.78 is 1.56. The van der Waals surface area contributed by atoms with Crippen LogP contribution in [0.1, 0.15) is 75.1 Å². The summed E-state index contributed by atoms with van der Waals surface area (Å²) >= 11 is 6.16. The molecule has 3 aromatic rings. The van der Waals surface area contributed by atoms with E-state index in [1.807, 2.05) is 20.8 Å². The van der Waals surface area contributed by atoms with Crippen LogP contribution in [0.2, 0.25) is 5.02 Å². The summed E-state index contributed by atoms with van der Waals surface area (Å²) in [5.41, 5.74) is 13.0. The minimum absolute atomic E-state index is 0.0475. The molecule has 5 atom stereocenters. The molecule has 54 heavy (non-hydrogen) atoms. The van der Waals surface area contributed by atoms with E-state index in [-0.39, 0.29) is 49.3 Å². The second-order valence-corrected chi connectivity index (χ2v) is 14.1. The van der Waals surface area contributed by atoms with Gasteiger partial charge in [-0.2, -0.15) is 5.10 Å². The molecule has 2 aromatic carbocycles. The van der Waals surface area contributed by atoms with Crippen molar-refractivity contribution in [2.24, 2.45) is 28.3 Å². The Morgan fingerprint density at radius 3 is 2.15 bits per heavy atom. The van der Waals surface area contributed by atoms with E-state index in [0.717, 1.165) is 5.56 Å². The number of halogens is 1. The van der Waals surface area contributed by atoms with E-state index < -0.39 is 53.8 Å². The third-order valence-electron chi connectivity index (χ3n) is 8.77. The first-order chi connectivity index (χ1) is 25.6. The third-order valence-corrected chi connectivity index (χ3v) is 9.01. The monoisotopic (exact) mass is 765 g/mol. The Morgan fingerprint density at radius 2 is 1.54 bits per heavy atom. The van der Waals surface area contributed by atoms with Crippen LogP contribution < -0.4 is 32.7 Å². The molecule has 0 aliphatic rings. The number of nitrogens with two attached hydrogens (primary N) is 2. The van der Waals surface area contributed by atoms with Crippen LogP contribution in [0.25, 0.3) is 5.69 Å². The Morgan fingerprint density at radius 1 is 0.870 bits per heavy atom. The predicted molar refractivity (Wildman–Crippen MR) is 207 cm³/mol. The van der Waals surface area contributed by atoms with E-state index in [4.69, 9.17) is 23.1 Å². The summed E-state index contributed by atoms with van der Waals surface area (Å²) in [6.07, 6.45) is 1.18. The number of carbonyl (C=O) groups is 5. The van der Waals surface area contributed by atoms with E-state index in [0.29, 0.717) is 29.2 Å². The van der Waals surface area contributed by atoms with E-state index in [2.05, 4.69) is 31.4 Å². The fraction of sp³-hybridized carbons (Fsp3) is 0.447. The van der Waals surface area contributed by atoms with Crippen LogP contribution >= 0.6 is 11.6 Å². The van der Waals surface area contributed by atoms with Crippen molar-refractivity contribution < 1.29 is 29.1 Å². The quantitative estimate of drug-likeness (QED) is 0.0508. The number of nitrogens with one attached hydrogen (secondary N) is 4. The molecular formula is C38H52ClN9O6. The maximum atomic E-state index is 13.9. The minimum Gasteiger partial charge on any atom is -0.480 e. The number of aliphatic carboxylic acids is 1. The Labute approximate surface area is 320 Å². The Hall–Kier alpha value is -5.44. The summed E-state index contributed by atoms with van der Waals surface area (Å²) in [4.78, 5) is 71.0. The number of guanidine groups is 1. The molecule has 0 saturated carbocycles. The van der Waals surface area contributed by atoms with Gasteiger partial charge in [-0.05, 0) is 67.9 Å². The molecule has 0 spiro atoms. The summed E-state index contributed by atoms with van der Waals surface area (Å²) in [5.74, 6) is -4.33. The topological polar surface area (TPSA) is 236 Å². The van der Waals surface area contributed by atoms with Crippen LogP contribution in [-0.4, -0.2) is 81.2 Å². The number of hydrogen-bond donors (Lipinski definition) is 7. The highest BCUT2D eigenvalue weighted by Crippen LogP contribution is 2.18. The highest BCUT2D eigenvalue weighted by atomic mass is 35.5. The van der Waals surface area contributed by atoms with Gasteiger partial charge in [0.1, 0.15) is 24.2 Å². The number of carboxylic acid groups (broad SMARTS) is 1. The molecule has 0 aliphatic carbocycles. The second kappa shape index (κ2) is 20.7. The van der Waals surface area contributed by atoms with Crippen molar-refractivity contribution in [2.45, 2.75) is 90.9 Å². The number of aromatic nitrogens is 2. The van der Waals surface area contributed by atoms with Gasteiger partial charge in [-0.3, -0.25) is 24.2 Å². The van der Waals surface area contributed by atoms with Crippen molar-refractivity contribution in [1.29, 1.82) is 0 Å². The molecule has 0 radical (unpaired) electrons. The Bertz CT molecular complexity index is 1780. The molecule has 0 bridgehead atoms. The van der Waals surface area contributed by atoms with Crippen molar-refractivity contribution in [3.05, 3.63) is 82.6 Å². The molecule has 4 amide bonds. The number of benzene rings is 2. The van der Waals surface area contributed by atoms with E-state index in [1.54, 1.807) is 79.2 Å². The van der Waals surface area contributed by atoms with Crippen molar-refractivity contribution in [3.63, 3.8) is 0 Å². The van der Waals surface area contributed by atoms with Gasteiger partial charge in [-0.1, -0.05) is 82.1 Å². The zero-order chi connectivity index (χ0) is 39.9. The molecule has 0 unspecified atom stereocenters. The number of nitrogens with zero attached hydrogens (tertiary/aromatic N) is 3. The maximum absolute atomic E-state index is 13.9. The lowest BCUT2D eigenvalue weighted by Gasteiger charge is -2.29. The van der Waals surface area contributed by atoms with Gasteiger partial charge >= 0.3 is 5.97 Å². The number of rotatable bonds is 20. The second-order valence-electron chi connectivity index (χ2n) is 13.7. The first-order valence-electron chi connectivity index (χ1n) is 18.0. The number of aliphatic imine (C=N–C) groups is 1. The average molecular weight is 766 g/mol. The Balaban J connectivity index is 1.82. The zero-order valence-electron chi connectivity index (χ0n) is 31.3. The molecule has 292 valence electrons. The van der Waals surface area contributed by atoms with Crippen LogP contribution in [0, 0.1) is 18.8 Å². The standard InChI is InChI=1S/C38H52ClN9O6/c1-6-23(4)32(36(52)45-31(37(53)54)20-25-12-8-7-9-13-25)46-34(50)29(18-22(2)3)44-33(49)28(16-11-17-42-38(40)41)43-35(51)30-19-24(5)48(47-30)27-15-10-14-26(39)21-27/h7-10,12-15,19,21-23,28-29,31-32H,6,11,16-18,20H2,1-5H3,(H,43,51)(H,44,49)(H,45,52)(H,46,50)(H,53,54)(H4,40,41,42)/t23-,28-,29-,31-,32-/m0/s1. The van der Waals surface area contributed by atoms with E-state index in [1.165, 1.54) is 0 Å². The van der Waals surface area contributed by atoms with Crippen LogP contribution in [0.4, 0.5) is 0 Å². The first kappa shape index (κ1) is 43.0. The van der Waals surface area contributed by atoms with Crippen LogP contribution in [0.3, 0.4) is 0 Å². The molecule has 16 heteroatoms. The van der Waals surface area contributed by atoms with Crippen LogP contribution in [0.15, 0.2) is 65.7 Å². The molecule has 9 N–H and O–H groups in total. The fourth-order valence-corrected chi connectivity index (χ4v) is 5.89. The molecule has 1 heterocycles. The maximum Gasteiger partial charge on any atom is 0.326 e. The third kappa shape index (κ3) is 13.2. The predicted octanol–water partition coefficient (Wildman–Crippen LogP) is 2.86. The lowest BCUT2D eigenvalue weighted by Crippen LogP contribution is -2.59. The zero-order valence-corrected chi connectivity index (χ0v) is 32.1. The van der Waals surface area contributed by atoms with Gasteiger partial charge in [0.15, 0.2) is 11.7 Å². The number of amides is 4. The summed E-state index contributed by atoms with van der Waals surface area (Å²) in [6, 6.07) is 12.9. The van der Waals surface area contributed by atoms with Gasteiger partial charge in [0.25, 0.3) is 5.91 Å². The van der Waals surface area contributed by atoms with E-state index >= 15 is 0 Å². The van der Waals surface area contributed by atoms with Gasteiger partial charge in [-0.15, -0.1) is 0 Å². The Kier molecular flexibility index (Phi) is 16.5. The molecule has 0 aliphatic heterocycles. The van der Waals surface area contributed by atoms with Gasteiger partial charge in [0, 0.05) is 23.7 Å². The normalized spacial score (nSPS) is 13.8. The molecule has 1 aromatic heterocycles. The van der Waals surface area contributed by atoms with Crippen molar-refractivity contribution >= 4 is 47.2 Å². The summed E-state index contributed by atoms with van der Waals surface area (Å²) in [6.45, 7) is 9.33. The molecule has 0 fully saturated rings. The smallest absolute Gasteiger partial charge is 0.326 e. The lowest BCUT2D eigenvalue weighted by molar-refractivity contribution is -0.142. The van der Waals surface area contributed by atoms with Crippen LogP contribution in [-0.2, 0) is 25.6 Å².